The van der Waals surface area contributed by atoms with Crippen LogP contribution in [-0.2, 0) is 0 Å². The lowest BCUT2D eigenvalue weighted by atomic mass is 9.95. The molecule has 1 unspecified atom stereocenters. The average Bonchev–Trinajstić information content (AvgIpc) is 2.46. The number of piperidine rings is 1. The van der Waals surface area contributed by atoms with Crippen LogP contribution in [-0.4, -0.2) is 30.9 Å². The van der Waals surface area contributed by atoms with Gasteiger partial charge in [0.2, 0.25) is 0 Å². The number of halogens is 2. The monoisotopic (exact) mass is 282 g/mol. The van der Waals surface area contributed by atoms with E-state index in [1.807, 2.05) is 0 Å². The molecule has 0 saturated carbocycles. The normalized spacial score (nSPS) is 19.0. The summed E-state index contributed by atoms with van der Waals surface area (Å²) in [6.45, 7) is 3.43. The Morgan fingerprint density at radius 2 is 2.05 bits per heavy atom. The fourth-order valence-electron chi connectivity index (χ4n) is 2.70. The number of likely N-dealkylation sites (tertiary alicyclic amines) is 1. The summed E-state index contributed by atoms with van der Waals surface area (Å²) in [7, 11) is 1.44. The molecule has 1 aliphatic rings. The molecule has 1 heterocycles. The van der Waals surface area contributed by atoms with Gasteiger partial charge < -0.3 is 10.2 Å². The Morgan fingerprint density at radius 1 is 1.40 bits per heavy atom. The highest BCUT2D eigenvalue weighted by atomic mass is 19.1. The molecule has 2 rings (SSSR count). The van der Waals surface area contributed by atoms with Gasteiger partial charge in [-0.3, -0.25) is 4.79 Å². The zero-order valence-electron chi connectivity index (χ0n) is 11.9. The molecular formula is C15H20F2N2O. The maximum Gasteiger partial charge on any atom is 0.254 e. The molecule has 1 amide bonds. The Balaban J connectivity index is 2.21. The van der Waals surface area contributed by atoms with E-state index in [2.05, 4.69) is 12.2 Å². The minimum Gasteiger partial charge on any atom is -0.383 e. The van der Waals surface area contributed by atoms with Crippen molar-refractivity contribution in [2.75, 3.05) is 25.5 Å². The third kappa shape index (κ3) is 2.92. The summed E-state index contributed by atoms with van der Waals surface area (Å²) in [6, 6.07) is 2.21. The molecule has 1 aliphatic heterocycles. The van der Waals surface area contributed by atoms with Crippen LogP contribution in [0.1, 0.15) is 36.5 Å². The molecule has 1 atom stereocenters. The third-order valence-electron chi connectivity index (χ3n) is 3.92. The maximum atomic E-state index is 13.7. The van der Waals surface area contributed by atoms with Crippen LogP contribution in [0.2, 0.25) is 0 Å². The van der Waals surface area contributed by atoms with Gasteiger partial charge in [0.05, 0.1) is 0 Å². The molecular weight excluding hydrogens is 262 g/mol. The Bertz CT molecular complexity index is 482. The summed E-state index contributed by atoms with van der Waals surface area (Å²) in [6.07, 6.45) is 3.08. The van der Waals surface area contributed by atoms with Gasteiger partial charge in [-0.05, 0) is 30.9 Å². The van der Waals surface area contributed by atoms with Crippen molar-refractivity contribution in [1.82, 2.24) is 4.90 Å². The van der Waals surface area contributed by atoms with E-state index in [0.29, 0.717) is 19.0 Å². The zero-order chi connectivity index (χ0) is 14.7. The number of nitrogens with one attached hydrogen (secondary N) is 1. The second kappa shape index (κ2) is 6.20. The van der Waals surface area contributed by atoms with Crippen molar-refractivity contribution in [1.29, 1.82) is 0 Å². The van der Waals surface area contributed by atoms with Crippen LogP contribution in [0.25, 0.3) is 0 Å². The molecule has 0 bridgehead atoms. The number of benzene rings is 1. The predicted octanol–water partition coefficient (Wildman–Crippen LogP) is 3.27. The van der Waals surface area contributed by atoms with Gasteiger partial charge in [-0.25, -0.2) is 8.78 Å². The number of nitrogens with zero attached hydrogens (tertiary/aromatic N) is 1. The SMILES string of the molecule is CCC1CCCN(C(=O)c2cc(F)c(NC)c(F)c2)C1. The largest absolute Gasteiger partial charge is 0.383 e. The van der Waals surface area contributed by atoms with E-state index >= 15 is 0 Å². The van der Waals surface area contributed by atoms with Crippen LogP contribution >= 0.6 is 0 Å². The molecule has 110 valence electrons. The van der Waals surface area contributed by atoms with Crippen LogP contribution in [0.4, 0.5) is 14.5 Å². The number of hydrogen-bond acceptors (Lipinski definition) is 2. The second-order valence-electron chi connectivity index (χ2n) is 5.23. The lowest BCUT2D eigenvalue weighted by molar-refractivity contribution is 0.0670. The quantitative estimate of drug-likeness (QED) is 0.923. The summed E-state index contributed by atoms with van der Waals surface area (Å²) in [4.78, 5) is 14.0. The van der Waals surface area contributed by atoms with Crippen LogP contribution in [0.3, 0.4) is 0 Å². The van der Waals surface area contributed by atoms with Crippen LogP contribution in [0, 0.1) is 17.6 Å². The molecule has 3 nitrogen and oxygen atoms in total. The van der Waals surface area contributed by atoms with Crippen molar-refractivity contribution in [2.24, 2.45) is 5.92 Å². The van der Waals surface area contributed by atoms with E-state index < -0.39 is 11.6 Å². The summed E-state index contributed by atoms with van der Waals surface area (Å²) < 4.78 is 27.4. The third-order valence-corrected chi connectivity index (χ3v) is 3.92. The molecule has 1 saturated heterocycles. The fourth-order valence-corrected chi connectivity index (χ4v) is 2.70. The second-order valence-corrected chi connectivity index (χ2v) is 5.23. The Hall–Kier alpha value is -1.65. The molecule has 0 spiro atoms. The minimum absolute atomic E-state index is 0.0794. The molecule has 1 aromatic rings. The summed E-state index contributed by atoms with van der Waals surface area (Å²) >= 11 is 0. The maximum absolute atomic E-state index is 13.7. The van der Waals surface area contributed by atoms with Gasteiger partial charge in [-0.15, -0.1) is 0 Å². The zero-order valence-corrected chi connectivity index (χ0v) is 11.9. The molecule has 1 fully saturated rings. The van der Waals surface area contributed by atoms with Gasteiger partial charge in [-0.2, -0.15) is 0 Å². The van der Waals surface area contributed by atoms with E-state index in [4.69, 9.17) is 0 Å². The van der Waals surface area contributed by atoms with Crippen LogP contribution in [0.5, 0.6) is 0 Å². The van der Waals surface area contributed by atoms with Crippen molar-refractivity contribution in [3.63, 3.8) is 0 Å². The topological polar surface area (TPSA) is 32.3 Å². The standard InChI is InChI=1S/C15H20F2N2O/c1-3-10-5-4-6-19(9-10)15(20)11-7-12(16)14(18-2)13(17)8-11/h7-8,10,18H,3-6,9H2,1-2H3. The van der Waals surface area contributed by atoms with Gasteiger partial charge in [0.1, 0.15) is 17.3 Å². The van der Waals surface area contributed by atoms with Gasteiger partial charge >= 0.3 is 0 Å². The van der Waals surface area contributed by atoms with Crippen molar-refractivity contribution in [3.8, 4) is 0 Å². The highest BCUT2D eigenvalue weighted by Gasteiger charge is 2.24. The number of carbonyl (C=O) groups is 1. The highest BCUT2D eigenvalue weighted by molar-refractivity contribution is 5.94. The average molecular weight is 282 g/mol. The molecule has 0 aliphatic carbocycles. The predicted molar refractivity (Wildman–Crippen MR) is 74.8 cm³/mol. The van der Waals surface area contributed by atoms with Crippen LogP contribution < -0.4 is 5.32 Å². The molecule has 1 aromatic carbocycles. The first-order valence-corrected chi connectivity index (χ1v) is 7.02. The Morgan fingerprint density at radius 3 is 2.60 bits per heavy atom. The molecule has 0 aromatic heterocycles. The molecule has 1 N–H and O–H groups in total. The smallest absolute Gasteiger partial charge is 0.254 e. The Labute approximate surface area is 118 Å². The molecule has 0 radical (unpaired) electrons. The number of hydrogen-bond donors (Lipinski definition) is 1. The summed E-state index contributed by atoms with van der Waals surface area (Å²) in [5.74, 6) is -1.28. The van der Waals surface area contributed by atoms with Crippen molar-refractivity contribution >= 4 is 11.6 Å². The van der Waals surface area contributed by atoms with Gasteiger partial charge in [0.25, 0.3) is 5.91 Å². The van der Waals surface area contributed by atoms with E-state index in [1.54, 1.807) is 4.90 Å². The first kappa shape index (κ1) is 14.8. The number of anilines is 1. The Kier molecular flexibility index (Phi) is 4.57. The van der Waals surface area contributed by atoms with Gasteiger partial charge in [0.15, 0.2) is 0 Å². The first-order valence-electron chi connectivity index (χ1n) is 7.02. The molecule has 5 heteroatoms. The van der Waals surface area contributed by atoms with Crippen molar-refractivity contribution in [2.45, 2.75) is 26.2 Å². The molecule has 20 heavy (non-hydrogen) atoms. The highest BCUT2D eigenvalue weighted by Crippen LogP contribution is 2.24. The van der Waals surface area contributed by atoms with E-state index in [1.165, 1.54) is 7.05 Å². The van der Waals surface area contributed by atoms with Crippen molar-refractivity contribution in [3.05, 3.63) is 29.3 Å². The fraction of sp³-hybridized carbons (Fsp3) is 0.533. The lowest BCUT2D eigenvalue weighted by Gasteiger charge is -2.32. The first-order chi connectivity index (χ1) is 9.56. The number of rotatable bonds is 3. The van der Waals surface area contributed by atoms with Gasteiger partial charge in [0, 0.05) is 25.7 Å². The van der Waals surface area contributed by atoms with Crippen LogP contribution in [0.15, 0.2) is 12.1 Å². The summed E-state index contributed by atoms with van der Waals surface area (Å²) in [5, 5.41) is 2.45. The van der Waals surface area contributed by atoms with Gasteiger partial charge in [-0.1, -0.05) is 13.3 Å². The van der Waals surface area contributed by atoms with Crippen molar-refractivity contribution < 1.29 is 13.6 Å². The number of carbonyl (C=O) groups excluding carboxylic acids is 1. The summed E-state index contributed by atoms with van der Waals surface area (Å²) in [5.41, 5.74) is -0.123. The van der Waals surface area contributed by atoms with E-state index in [-0.39, 0.29) is 17.2 Å². The van der Waals surface area contributed by atoms with E-state index in [9.17, 15) is 13.6 Å². The lowest BCUT2D eigenvalue weighted by Crippen LogP contribution is -2.39. The van der Waals surface area contributed by atoms with E-state index in [0.717, 1.165) is 31.4 Å². The minimum atomic E-state index is -0.736. The number of amides is 1.